The third-order valence-corrected chi connectivity index (χ3v) is 4.96. The second kappa shape index (κ2) is 4.94. The van der Waals surface area contributed by atoms with Gasteiger partial charge in [-0.25, -0.2) is 0 Å². The van der Waals surface area contributed by atoms with Crippen LogP contribution in [0.2, 0.25) is 0 Å². The number of allylic oxidation sites excluding steroid dienone is 1. The first kappa shape index (κ1) is 13.2. The zero-order valence-corrected chi connectivity index (χ0v) is 12.5. The van der Waals surface area contributed by atoms with Gasteiger partial charge < -0.3 is 11.1 Å². The summed E-state index contributed by atoms with van der Waals surface area (Å²) in [6.07, 6.45) is 7.20. The van der Waals surface area contributed by atoms with E-state index < -0.39 is 0 Å². The summed E-state index contributed by atoms with van der Waals surface area (Å²) in [5.74, 6) is -0.0663. The fraction of sp³-hybridized carbons (Fsp3) is 0.429. The van der Waals surface area contributed by atoms with Crippen LogP contribution < -0.4 is 11.1 Å². The van der Waals surface area contributed by atoms with Gasteiger partial charge in [-0.05, 0) is 26.2 Å². The number of rotatable bonds is 2. The van der Waals surface area contributed by atoms with Crippen molar-refractivity contribution in [1.29, 1.82) is 0 Å². The predicted octanol–water partition coefficient (Wildman–Crippen LogP) is 2.36. The second-order valence-corrected chi connectivity index (χ2v) is 6.19. The number of aromatic nitrogens is 2. The van der Waals surface area contributed by atoms with Gasteiger partial charge in [-0.1, -0.05) is 12.2 Å². The quantitative estimate of drug-likeness (QED) is 0.834. The number of hydrogen-bond acceptors (Lipinski definition) is 4. The fourth-order valence-electron chi connectivity index (χ4n) is 2.67. The van der Waals surface area contributed by atoms with Crippen molar-refractivity contribution in [2.75, 3.05) is 5.73 Å². The molecule has 1 unspecified atom stereocenters. The van der Waals surface area contributed by atoms with Crippen LogP contribution in [-0.2, 0) is 7.05 Å². The number of fused-ring (bicyclic) bond motifs is 1. The third kappa shape index (κ3) is 2.10. The molecule has 1 atom stereocenters. The van der Waals surface area contributed by atoms with Crippen LogP contribution in [0.25, 0.3) is 10.2 Å². The fourth-order valence-corrected chi connectivity index (χ4v) is 3.76. The Bertz CT molecular complexity index is 698. The van der Waals surface area contributed by atoms with Crippen molar-refractivity contribution >= 4 is 33.1 Å². The number of carbonyl (C=O) groups excluding carboxylic acids is 1. The minimum Gasteiger partial charge on any atom is -0.397 e. The smallest absolute Gasteiger partial charge is 0.263 e. The van der Waals surface area contributed by atoms with E-state index in [2.05, 4.69) is 22.6 Å². The van der Waals surface area contributed by atoms with Crippen molar-refractivity contribution in [1.82, 2.24) is 15.1 Å². The van der Waals surface area contributed by atoms with Gasteiger partial charge in [-0.2, -0.15) is 5.10 Å². The number of nitrogens with two attached hydrogens (primary N) is 1. The molecule has 0 fully saturated rings. The van der Waals surface area contributed by atoms with Crippen molar-refractivity contribution < 1.29 is 4.79 Å². The summed E-state index contributed by atoms with van der Waals surface area (Å²) in [6.45, 7) is 1.92. The molecule has 3 rings (SSSR count). The maximum absolute atomic E-state index is 12.4. The Balaban J connectivity index is 1.89. The maximum atomic E-state index is 12.4. The van der Waals surface area contributed by atoms with E-state index in [1.54, 1.807) is 4.68 Å². The SMILES string of the molecule is Cc1nn(C)c2sc(C(=O)NC3CC=CCC3)c(N)c12. The van der Waals surface area contributed by atoms with E-state index in [9.17, 15) is 4.79 Å². The van der Waals surface area contributed by atoms with E-state index in [0.29, 0.717) is 10.6 Å². The normalized spacial score (nSPS) is 18.6. The second-order valence-electron chi connectivity index (χ2n) is 5.19. The van der Waals surface area contributed by atoms with E-state index in [0.717, 1.165) is 35.2 Å². The lowest BCUT2D eigenvalue weighted by Gasteiger charge is -2.18. The lowest BCUT2D eigenvalue weighted by atomic mass is 10.0. The molecule has 0 saturated carbocycles. The zero-order valence-electron chi connectivity index (χ0n) is 11.6. The van der Waals surface area contributed by atoms with Gasteiger partial charge in [0, 0.05) is 13.1 Å². The largest absolute Gasteiger partial charge is 0.397 e. The van der Waals surface area contributed by atoms with Crippen LogP contribution in [0.15, 0.2) is 12.2 Å². The number of nitrogens with one attached hydrogen (secondary N) is 1. The van der Waals surface area contributed by atoms with Gasteiger partial charge in [-0.15, -0.1) is 11.3 Å². The molecule has 0 aliphatic heterocycles. The van der Waals surface area contributed by atoms with E-state index in [-0.39, 0.29) is 11.9 Å². The van der Waals surface area contributed by atoms with Crippen LogP contribution in [0.5, 0.6) is 0 Å². The first-order valence-electron chi connectivity index (χ1n) is 6.75. The van der Waals surface area contributed by atoms with Gasteiger partial charge in [0.15, 0.2) is 0 Å². The molecule has 1 aliphatic carbocycles. The Morgan fingerprint density at radius 3 is 3.00 bits per heavy atom. The van der Waals surface area contributed by atoms with Crippen molar-refractivity contribution in [2.45, 2.75) is 32.2 Å². The number of nitrogen functional groups attached to an aromatic ring is 1. The van der Waals surface area contributed by atoms with Crippen LogP contribution in [0.4, 0.5) is 5.69 Å². The number of anilines is 1. The average molecular weight is 290 g/mol. The summed E-state index contributed by atoms with van der Waals surface area (Å²) in [5, 5.41) is 8.32. The average Bonchev–Trinajstić information content (AvgIpc) is 2.90. The molecule has 20 heavy (non-hydrogen) atoms. The number of hydrogen-bond donors (Lipinski definition) is 2. The number of thiophene rings is 1. The molecule has 0 radical (unpaired) electrons. The molecular weight excluding hydrogens is 272 g/mol. The summed E-state index contributed by atoms with van der Waals surface area (Å²) in [7, 11) is 1.87. The molecule has 2 aromatic heterocycles. The topological polar surface area (TPSA) is 72.9 Å². The molecule has 0 bridgehead atoms. The molecule has 106 valence electrons. The molecule has 0 spiro atoms. The van der Waals surface area contributed by atoms with E-state index in [1.165, 1.54) is 11.3 Å². The van der Waals surface area contributed by atoms with Crippen LogP contribution in [-0.4, -0.2) is 21.7 Å². The Kier molecular flexibility index (Phi) is 3.25. The Morgan fingerprint density at radius 1 is 1.55 bits per heavy atom. The molecule has 0 saturated heterocycles. The molecule has 5 nitrogen and oxygen atoms in total. The molecule has 2 aromatic rings. The number of aryl methyl sites for hydroxylation is 2. The van der Waals surface area contributed by atoms with Gasteiger partial charge in [-0.3, -0.25) is 9.48 Å². The first-order valence-corrected chi connectivity index (χ1v) is 7.57. The molecule has 3 N–H and O–H groups in total. The molecule has 6 heteroatoms. The van der Waals surface area contributed by atoms with E-state index >= 15 is 0 Å². The minimum atomic E-state index is -0.0663. The number of carbonyl (C=O) groups is 1. The Labute approximate surface area is 121 Å². The van der Waals surface area contributed by atoms with Crippen molar-refractivity contribution in [3.63, 3.8) is 0 Å². The van der Waals surface area contributed by atoms with Gasteiger partial charge in [0.1, 0.15) is 9.71 Å². The highest BCUT2D eigenvalue weighted by Crippen LogP contribution is 2.35. The van der Waals surface area contributed by atoms with E-state index in [4.69, 9.17) is 5.73 Å². The standard InChI is InChI=1S/C14H18N4OS/c1-8-10-11(15)12(20-14(10)18(2)17-8)13(19)16-9-6-4-3-5-7-9/h3-4,9H,5-7,15H2,1-2H3,(H,16,19). The first-order chi connectivity index (χ1) is 9.58. The molecule has 1 aliphatic rings. The Hall–Kier alpha value is -1.82. The maximum Gasteiger partial charge on any atom is 0.263 e. The predicted molar refractivity (Wildman–Crippen MR) is 82.0 cm³/mol. The summed E-state index contributed by atoms with van der Waals surface area (Å²) in [6, 6.07) is 0.219. The highest BCUT2D eigenvalue weighted by molar-refractivity contribution is 7.21. The van der Waals surface area contributed by atoms with Gasteiger partial charge >= 0.3 is 0 Å². The van der Waals surface area contributed by atoms with Gasteiger partial charge in [0.25, 0.3) is 5.91 Å². The van der Waals surface area contributed by atoms with Gasteiger partial charge in [0.2, 0.25) is 0 Å². The van der Waals surface area contributed by atoms with Crippen molar-refractivity contribution in [3.8, 4) is 0 Å². The molecule has 2 heterocycles. The van der Waals surface area contributed by atoms with Gasteiger partial charge in [0.05, 0.1) is 16.8 Å². The number of amides is 1. The minimum absolute atomic E-state index is 0.0663. The monoisotopic (exact) mass is 290 g/mol. The summed E-state index contributed by atoms with van der Waals surface area (Å²) in [5.41, 5.74) is 7.57. The lowest BCUT2D eigenvalue weighted by Crippen LogP contribution is -2.35. The zero-order chi connectivity index (χ0) is 14.3. The summed E-state index contributed by atoms with van der Waals surface area (Å²) >= 11 is 1.41. The van der Waals surface area contributed by atoms with Crippen LogP contribution in [0, 0.1) is 6.92 Å². The highest BCUT2D eigenvalue weighted by atomic mass is 32.1. The van der Waals surface area contributed by atoms with Crippen LogP contribution >= 0.6 is 11.3 Å². The van der Waals surface area contributed by atoms with Crippen LogP contribution in [0.1, 0.15) is 34.6 Å². The highest BCUT2D eigenvalue weighted by Gasteiger charge is 2.22. The molecule has 0 aromatic carbocycles. The third-order valence-electron chi connectivity index (χ3n) is 3.69. The Morgan fingerprint density at radius 2 is 2.35 bits per heavy atom. The van der Waals surface area contributed by atoms with Crippen molar-refractivity contribution in [3.05, 3.63) is 22.7 Å². The summed E-state index contributed by atoms with van der Waals surface area (Å²) in [4.78, 5) is 13.9. The lowest BCUT2D eigenvalue weighted by molar-refractivity contribution is 0.0939. The molecular formula is C14H18N4OS. The van der Waals surface area contributed by atoms with Crippen molar-refractivity contribution in [2.24, 2.45) is 7.05 Å². The molecule has 1 amide bonds. The van der Waals surface area contributed by atoms with Crippen LogP contribution in [0.3, 0.4) is 0 Å². The number of nitrogens with zero attached hydrogens (tertiary/aromatic N) is 2. The van der Waals surface area contributed by atoms with E-state index in [1.807, 2.05) is 14.0 Å². The summed E-state index contributed by atoms with van der Waals surface area (Å²) < 4.78 is 1.78.